The molecule has 0 radical (unpaired) electrons. The maximum atomic E-state index is 13.6. The van der Waals surface area contributed by atoms with E-state index >= 15 is 0 Å². The SMILES string of the molecule is CC(C)C(NC(=O)CCOCCC(=O)ON1C(=O)C=CC1=O)C(=O)N[C@H](CCCNC(N)=O)C(=O)Nc1ccc(COC(=O)NCCOCCOCCNC(=O)O[C@H]2C[C@H](n3ccc4c(N[C@H]5CCc6ccccc65)ncnc43)C[C@H]2CONS(=O)O)cc1. The Hall–Kier alpha value is -8.66. The monoisotopic (exact) mass is 1260 g/mol. The number of aryl methyl sites for hydroxylation is 1. The first-order valence-electron chi connectivity index (χ1n) is 28.9. The number of hydrogen-bond donors (Lipinski definition) is 10. The van der Waals surface area contributed by atoms with E-state index in [0.29, 0.717) is 29.2 Å². The smallest absolute Gasteiger partial charge is 0.407 e. The lowest BCUT2D eigenvalue weighted by molar-refractivity contribution is -0.196. The molecule has 32 heteroatoms. The maximum absolute atomic E-state index is 13.6. The van der Waals surface area contributed by atoms with E-state index in [-0.39, 0.29) is 116 Å². The third kappa shape index (κ3) is 21.6. The number of hydrogen-bond acceptors (Lipinski definition) is 20. The van der Waals surface area contributed by atoms with Crippen LogP contribution >= 0.6 is 0 Å². The van der Waals surface area contributed by atoms with Gasteiger partial charge in [-0.3, -0.25) is 33.4 Å². The summed E-state index contributed by atoms with van der Waals surface area (Å²) in [6, 6.07) is 13.8. The third-order valence-corrected chi connectivity index (χ3v) is 14.6. The average molecular weight is 1260 g/mol. The van der Waals surface area contributed by atoms with Crippen LogP contribution < -0.4 is 47.8 Å². The molecule has 2 unspecified atom stereocenters. The molecular formula is C57H75N13O18S. The fourth-order valence-electron chi connectivity index (χ4n) is 9.99. The largest absolute Gasteiger partial charge is 0.446 e. The van der Waals surface area contributed by atoms with Gasteiger partial charge >= 0.3 is 24.2 Å². The van der Waals surface area contributed by atoms with Crippen LogP contribution in [0.5, 0.6) is 0 Å². The van der Waals surface area contributed by atoms with Crippen LogP contribution in [0.2, 0.25) is 0 Å². The van der Waals surface area contributed by atoms with E-state index in [2.05, 4.69) is 59.3 Å². The van der Waals surface area contributed by atoms with Gasteiger partial charge in [-0.05, 0) is 72.9 Å². The number of fused-ring (bicyclic) bond motifs is 2. The number of aromatic nitrogens is 3. The number of ether oxygens (including phenoxy) is 5. The molecule has 2 aliphatic carbocycles. The van der Waals surface area contributed by atoms with Crippen molar-refractivity contribution in [3.8, 4) is 0 Å². The molecular weight excluding hydrogens is 1190 g/mol. The van der Waals surface area contributed by atoms with Gasteiger partial charge in [-0.15, -0.1) is 0 Å². The van der Waals surface area contributed by atoms with Crippen molar-refractivity contribution in [3.63, 3.8) is 0 Å². The summed E-state index contributed by atoms with van der Waals surface area (Å²) in [6.45, 7) is 4.04. The summed E-state index contributed by atoms with van der Waals surface area (Å²) in [5, 5.41) is 20.6. The van der Waals surface area contributed by atoms with Crippen molar-refractivity contribution in [2.24, 2.45) is 17.6 Å². The fraction of sp³-hybridized carbons (Fsp3) is 0.491. The van der Waals surface area contributed by atoms with Gasteiger partial charge in [-0.2, -0.15) is 0 Å². The van der Waals surface area contributed by atoms with Crippen LogP contribution in [0, 0.1) is 11.8 Å². The second-order valence-corrected chi connectivity index (χ2v) is 21.8. The second kappa shape index (κ2) is 34.8. The van der Waals surface area contributed by atoms with Crippen LogP contribution in [0.15, 0.2) is 79.3 Å². The predicted molar refractivity (Wildman–Crippen MR) is 316 cm³/mol. The van der Waals surface area contributed by atoms with Crippen LogP contribution in [0.1, 0.15) is 87.6 Å². The number of imide groups is 1. The number of nitrogens with one attached hydrogen (secondary N) is 8. The molecule has 0 bridgehead atoms. The molecule has 31 nitrogen and oxygen atoms in total. The normalized spacial score (nSPS) is 17.8. The lowest BCUT2D eigenvalue weighted by Crippen LogP contribution is -2.54. The van der Waals surface area contributed by atoms with Crippen molar-refractivity contribution in [1.82, 2.24) is 51.1 Å². The zero-order valence-corrected chi connectivity index (χ0v) is 50.0. The minimum Gasteiger partial charge on any atom is -0.446 e. The van der Waals surface area contributed by atoms with Crippen LogP contribution in [-0.4, -0.2) is 166 Å². The molecule has 7 atom stereocenters. The van der Waals surface area contributed by atoms with Gasteiger partial charge in [0.2, 0.25) is 17.7 Å². The van der Waals surface area contributed by atoms with Gasteiger partial charge in [0.25, 0.3) is 23.1 Å². The standard InChI is InChI=1S/C57H75N13O18S/c1-35(2)50(67-46(71)18-24-82-25-19-49(74)88-70-47(72)15-16-48(70)73)54(76)66-44(8-5-20-59-55(58)77)53(75)64-39-12-9-36(10-13-39)32-85-56(78)60-21-26-83-28-29-84-27-22-61-57(79)87-45-31-40(30-38(45)33-86-68-89(80)81)69-23-17-42-51(62-34-63-52(42)69)65-43-14-11-37-6-3-4-7-41(37)43/h3-4,6-7,9-10,12-13,15-17,23,34-35,38,40,43-45,50,68H,5,8,11,14,18-22,24-33H2,1-2H3,(H,60,78)(H,61,79)(H,64,75)(H,66,76)(H,67,71)(H,80,81)(H3,58,59,77)(H,62,63,65)/t38-,40+,43-,44+,45-,50?/m0/s1. The Morgan fingerprint density at radius 2 is 1.51 bits per heavy atom. The number of urea groups is 1. The van der Waals surface area contributed by atoms with Crippen molar-refractivity contribution in [2.45, 2.75) is 102 Å². The molecule has 9 amide bonds. The Morgan fingerprint density at radius 1 is 0.798 bits per heavy atom. The quantitative estimate of drug-likeness (QED) is 0.0135. The van der Waals surface area contributed by atoms with E-state index in [1.807, 2.05) is 33.8 Å². The molecule has 2 aromatic carbocycles. The van der Waals surface area contributed by atoms with E-state index in [4.69, 9.17) is 39.1 Å². The summed E-state index contributed by atoms with van der Waals surface area (Å²) in [5.41, 5.74) is 9.43. The van der Waals surface area contributed by atoms with Gasteiger partial charge in [0.15, 0.2) is 0 Å². The first-order valence-corrected chi connectivity index (χ1v) is 30.0. The maximum Gasteiger partial charge on any atom is 0.407 e. The topological polar surface area (TPSA) is 412 Å². The Kier molecular flexibility index (Phi) is 26.5. The van der Waals surface area contributed by atoms with Gasteiger partial charge in [0.05, 0.1) is 64.1 Å². The number of primary amides is 1. The zero-order chi connectivity index (χ0) is 63.7. The van der Waals surface area contributed by atoms with Gasteiger partial charge in [0, 0.05) is 68.5 Å². The lowest BCUT2D eigenvalue weighted by atomic mass is 10.0. The number of anilines is 2. The summed E-state index contributed by atoms with van der Waals surface area (Å²) < 4.78 is 50.1. The number of amides is 9. The van der Waals surface area contributed by atoms with Crippen molar-refractivity contribution in [1.29, 1.82) is 0 Å². The summed E-state index contributed by atoms with van der Waals surface area (Å²) in [4.78, 5) is 133. The molecule has 3 aliphatic rings. The van der Waals surface area contributed by atoms with Gasteiger partial charge in [0.1, 0.15) is 42.6 Å². The number of benzene rings is 2. The van der Waals surface area contributed by atoms with E-state index in [0.717, 1.165) is 41.8 Å². The number of carbonyl (C=O) groups is 9. The Bertz CT molecular complexity index is 3130. The van der Waals surface area contributed by atoms with Gasteiger partial charge in [-0.1, -0.05) is 60.2 Å². The van der Waals surface area contributed by atoms with Crippen molar-refractivity contribution in [3.05, 3.63) is 96.0 Å². The first-order chi connectivity index (χ1) is 42.9. The average Bonchev–Trinajstić information content (AvgIpc) is 1.90. The molecule has 1 aliphatic heterocycles. The molecule has 11 N–H and O–H groups in total. The van der Waals surface area contributed by atoms with Crippen molar-refractivity contribution >= 4 is 87.5 Å². The fourth-order valence-corrected chi connectivity index (χ4v) is 10.2. The molecule has 3 heterocycles. The molecule has 2 aromatic heterocycles. The Labute approximate surface area is 514 Å². The van der Waals surface area contributed by atoms with E-state index in [9.17, 15) is 51.9 Å². The molecule has 0 saturated heterocycles. The Morgan fingerprint density at radius 3 is 2.22 bits per heavy atom. The number of carbonyl (C=O) groups excluding carboxylic acids is 9. The summed E-state index contributed by atoms with van der Waals surface area (Å²) in [6.07, 6.45) is 6.12. The zero-order valence-electron chi connectivity index (χ0n) is 49.1. The molecule has 7 rings (SSSR count). The summed E-state index contributed by atoms with van der Waals surface area (Å²) >= 11 is -2.40. The highest BCUT2D eigenvalue weighted by atomic mass is 32.2. The number of hydroxylamine groups is 2. The highest BCUT2D eigenvalue weighted by Crippen LogP contribution is 2.40. The molecule has 89 heavy (non-hydrogen) atoms. The minimum atomic E-state index is -2.40. The molecule has 1 fully saturated rings. The van der Waals surface area contributed by atoms with E-state index < -0.39 is 89.1 Å². The first kappa shape index (κ1) is 67.8. The second-order valence-electron chi connectivity index (χ2n) is 21.1. The highest BCUT2D eigenvalue weighted by molar-refractivity contribution is 7.76. The third-order valence-electron chi connectivity index (χ3n) is 14.4. The lowest BCUT2D eigenvalue weighted by Gasteiger charge is -2.25. The van der Waals surface area contributed by atoms with E-state index in [1.165, 1.54) is 17.5 Å². The molecule has 1 saturated carbocycles. The van der Waals surface area contributed by atoms with Crippen LogP contribution in [0.4, 0.5) is 25.9 Å². The highest BCUT2D eigenvalue weighted by Gasteiger charge is 2.39. The molecule has 4 aromatic rings. The summed E-state index contributed by atoms with van der Waals surface area (Å²) in [7, 11) is 0. The van der Waals surface area contributed by atoms with Gasteiger partial charge < -0.3 is 76.0 Å². The van der Waals surface area contributed by atoms with E-state index in [1.54, 1.807) is 38.1 Å². The molecule has 0 spiro atoms. The van der Waals surface area contributed by atoms with Crippen LogP contribution in [0.3, 0.4) is 0 Å². The number of nitrogens with two attached hydrogens (primary N) is 1. The van der Waals surface area contributed by atoms with Crippen LogP contribution in [0.25, 0.3) is 11.0 Å². The van der Waals surface area contributed by atoms with Crippen LogP contribution in [-0.2, 0) is 86.4 Å². The Balaban J connectivity index is 0.749. The number of nitrogens with zero attached hydrogens (tertiary/aromatic N) is 4. The van der Waals surface area contributed by atoms with Gasteiger partial charge in [-0.25, -0.2) is 33.4 Å². The predicted octanol–water partition coefficient (Wildman–Crippen LogP) is 2.39. The van der Waals surface area contributed by atoms with Crippen molar-refractivity contribution in [2.75, 3.05) is 76.5 Å². The number of alkyl carbamates (subject to hydrolysis) is 2. The summed E-state index contributed by atoms with van der Waals surface area (Å²) in [5.74, 6) is -4.33. The number of rotatable bonds is 36. The molecule has 482 valence electrons. The van der Waals surface area contributed by atoms with Crippen molar-refractivity contribution < 1.29 is 85.3 Å². The minimum absolute atomic E-state index is 0.000161.